The van der Waals surface area contributed by atoms with Gasteiger partial charge in [-0.3, -0.25) is 4.79 Å². The minimum Gasteiger partial charge on any atom is -0.450 e. The molecule has 8 nitrogen and oxygen atoms in total. The molecule has 2 fully saturated rings. The van der Waals surface area contributed by atoms with Gasteiger partial charge in [0.25, 0.3) is 5.91 Å². The predicted molar refractivity (Wildman–Crippen MR) is 97.2 cm³/mol. The minimum absolute atomic E-state index is 0.105. The van der Waals surface area contributed by atoms with Gasteiger partial charge in [-0.25, -0.2) is 14.8 Å². The van der Waals surface area contributed by atoms with Crippen LogP contribution in [-0.2, 0) is 4.74 Å². The molecule has 0 atom stereocenters. The number of anilines is 1. The molecule has 1 aromatic rings. The van der Waals surface area contributed by atoms with E-state index in [1.165, 1.54) is 19.2 Å². The van der Waals surface area contributed by atoms with Crippen LogP contribution in [0, 0.1) is 0 Å². The Balaban J connectivity index is 1.61. The van der Waals surface area contributed by atoms with Crippen molar-refractivity contribution in [3.05, 3.63) is 18.1 Å². The van der Waals surface area contributed by atoms with Gasteiger partial charge in [0.2, 0.25) is 0 Å². The molecule has 8 heteroatoms. The maximum absolute atomic E-state index is 12.8. The number of carbonyl (C=O) groups is 2. The lowest BCUT2D eigenvalue weighted by molar-refractivity contribution is 0.0566. The van der Waals surface area contributed by atoms with E-state index in [0.29, 0.717) is 38.5 Å². The van der Waals surface area contributed by atoms with Crippen molar-refractivity contribution in [1.29, 1.82) is 0 Å². The highest BCUT2D eigenvalue weighted by atomic mass is 16.6. The van der Waals surface area contributed by atoms with Crippen LogP contribution in [0.25, 0.3) is 0 Å². The van der Waals surface area contributed by atoms with Crippen molar-refractivity contribution >= 4 is 17.8 Å². The van der Waals surface area contributed by atoms with Crippen molar-refractivity contribution < 1.29 is 14.3 Å². The van der Waals surface area contributed by atoms with Crippen LogP contribution >= 0.6 is 0 Å². The fourth-order valence-electron chi connectivity index (χ4n) is 3.41. The van der Waals surface area contributed by atoms with E-state index in [0.717, 1.165) is 31.7 Å². The van der Waals surface area contributed by atoms with Crippen molar-refractivity contribution in [2.75, 3.05) is 50.8 Å². The summed E-state index contributed by atoms with van der Waals surface area (Å²) in [7, 11) is 0. The van der Waals surface area contributed by atoms with E-state index in [1.54, 1.807) is 22.8 Å². The normalized spacial score (nSPS) is 18.4. The van der Waals surface area contributed by atoms with Crippen molar-refractivity contribution in [3.8, 4) is 0 Å². The van der Waals surface area contributed by atoms with E-state index in [2.05, 4.69) is 14.9 Å². The molecule has 2 amide bonds. The average Bonchev–Trinajstić information content (AvgIpc) is 2.97. The van der Waals surface area contributed by atoms with E-state index in [1.807, 2.05) is 0 Å². The van der Waals surface area contributed by atoms with Gasteiger partial charge in [-0.1, -0.05) is 12.8 Å². The predicted octanol–water partition coefficient (Wildman–Crippen LogP) is 1.77. The van der Waals surface area contributed by atoms with E-state index in [-0.39, 0.29) is 12.0 Å². The van der Waals surface area contributed by atoms with Crippen molar-refractivity contribution in [2.24, 2.45) is 0 Å². The summed E-state index contributed by atoms with van der Waals surface area (Å²) in [6, 6.07) is 1.80. The standard InChI is InChI=1S/C18H27N5O3/c1-2-26-18(25)23-11-9-22(10-12-23)17(24)15-13-16(20-14-19-15)21-7-5-3-4-6-8-21/h13-14H,2-12H2,1H3. The number of aromatic nitrogens is 2. The lowest BCUT2D eigenvalue weighted by atomic mass is 10.2. The Morgan fingerprint density at radius 3 is 2.27 bits per heavy atom. The van der Waals surface area contributed by atoms with Crippen LogP contribution in [0.4, 0.5) is 10.6 Å². The van der Waals surface area contributed by atoms with Crippen LogP contribution in [-0.4, -0.2) is 77.6 Å². The van der Waals surface area contributed by atoms with Crippen LogP contribution in [0.1, 0.15) is 43.1 Å². The van der Waals surface area contributed by atoms with Crippen LogP contribution in [0.2, 0.25) is 0 Å². The molecule has 0 bridgehead atoms. The number of carbonyl (C=O) groups excluding carboxylic acids is 2. The molecule has 3 heterocycles. The van der Waals surface area contributed by atoms with E-state index < -0.39 is 0 Å². The number of hydrogen-bond acceptors (Lipinski definition) is 6. The molecule has 3 rings (SSSR count). The van der Waals surface area contributed by atoms with Gasteiger partial charge >= 0.3 is 6.09 Å². The van der Waals surface area contributed by atoms with Gasteiger partial charge in [-0.15, -0.1) is 0 Å². The first-order valence-corrected chi connectivity index (χ1v) is 9.47. The molecule has 26 heavy (non-hydrogen) atoms. The van der Waals surface area contributed by atoms with Crippen LogP contribution in [0.5, 0.6) is 0 Å². The molecule has 2 saturated heterocycles. The summed E-state index contributed by atoms with van der Waals surface area (Å²) in [5.74, 6) is 0.724. The average molecular weight is 361 g/mol. The third-order valence-electron chi connectivity index (χ3n) is 4.89. The summed E-state index contributed by atoms with van der Waals surface area (Å²) >= 11 is 0. The topological polar surface area (TPSA) is 78.9 Å². The third-order valence-corrected chi connectivity index (χ3v) is 4.89. The Morgan fingerprint density at radius 1 is 0.962 bits per heavy atom. The first-order chi connectivity index (χ1) is 12.7. The molecular weight excluding hydrogens is 334 g/mol. The van der Waals surface area contributed by atoms with Gasteiger partial charge < -0.3 is 19.4 Å². The number of hydrogen-bond donors (Lipinski definition) is 0. The number of amides is 2. The SMILES string of the molecule is CCOC(=O)N1CCN(C(=O)c2cc(N3CCCCCC3)ncn2)CC1. The van der Waals surface area contributed by atoms with E-state index in [4.69, 9.17) is 4.74 Å². The summed E-state index contributed by atoms with van der Waals surface area (Å²) in [5, 5.41) is 0. The first-order valence-electron chi connectivity index (χ1n) is 9.47. The molecular formula is C18H27N5O3. The zero-order valence-electron chi connectivity index (χ0n) is 15.4. The number of ether oxygens (including phenoxy) is 1. The Labute approximate surface area is 154 Å². The largest absolute Gasteiger partial charge is 0.450 e. The van der Waals surface area contributed by atoms with Gasteiger partial charge in [0.05, 0.1) is 6.61 Å². The molecule has 1 aromatic heterocycles. The quantitative estimate of drug-likeness (QED) is 0.816. The monoisotopic (exact) mass is 361 g/mol. The zero-order valence-corrected chi connectivity index (χ0v) is 15.4. The lowest BCUT2D eigenvalue weighted by Gasteiger charge is -2.33. The number of piperazine rings is 1. The Bertz CT molecular complexity index is 623. The minimum atomic E-state index is -0.315. The summed E-state index contributed by atoms with van der Waals surface area (Å²) in [4.78, 5) is 38.7. The maximum atomic E-state index is 12.8. The van der Waals surface area contributed by atoms with Crippen LogP contribution in [0.3, 0.4) is 0 Å². The van der Waals surface area contributed by atoms with E-state index in [9.17, 15) is 9.59 Å². The van der Waals surface area contributed by atoms with Crippen LogP contribution in [0.15, 0.2) is 12.4 Å². The van der Waals surface area contributed by atoms with Crippen molar-refractivity contribution in [3.63, 3.8) is 0 Å². The first kappa shape index (κ1) is 18.4. The second kappa shape index (κ2) is 8.82. The molecule has 0 saturated carbocycles. The molecule has 2 aliphatic heterocycles. The summed E-state index contributed by atoms with van der Waals surface area (Å²) in [6.07, 6.45) is 5.97. The highest BCUT2D eigenvalue weighted by Gasteiger charge is 2.26. The Hall–Kier alpha value is -2.38. The van der Waals surface area contributed by atoms with Crippen molar-refractivity contribution in [1.82, 2.24) is 19.8 Å². The van der Waals surface area contributed by atoms with Gasteiger partial charge in [0.15, 0.2) is 0 Å². The third kappa shape index (κ3) is 4.42. The summed E-state index contributed by atoms with van der Waals surface area (Å²) < 4.78 is 5.01. The lowest BCUT2D eigenvalue weighted by Crippen LogP contribution is -2.50. The number of rotatable bonds is 3. The molecule has 0 N–H and O–H groups in total. The fraction of sp³-hybridized carbons (Fsp3) is 0.667. The van der Waals surface area contributed by atoms with Gasteiger partial charge in [0, 0.05) is 45.3 Å². The Morgan fingerprint density at radius 2 is 1.62 bits per heavy atom. The molecule has 0 unspecified atom stereocenters. The van der Waals surface area contributed by atoms with Gasteiger partial charge in [0.1, 0.15) is 17.8 Å². The van der Waals surface area contributed by atoms with E-state index >= 15 is 0 Å². The zero-order chi connectivity index (χ0) is 18.4. The van der Waals surface area contributed by atoms with Crippen molar-refractivity contribution in [2.45, 2.75) is 32.6 Å². The highest BCUT2D eigenvalue weighted by Crippen LogP contribution is 2.18. The van der Waals surface area contributed by atoms with Gasteiger partial charge in [-0.05, 0) is 19.8 Å². The second-order valence-electron chi connectivity index (χ2n) is 6.64. The second-order valence-corrected chi connectivity index (χ2v) is 6.64. The summed E-state index contributed by atoms with van der Waals surface area (Å²) in [6.45, 7) is 6.03. The maximum Gasteiger partial charge on any atom is 0.409 e. The van der Waals surface area contributed by atoms with Gasteiger partial charge in [-0.2, -0.15) is 0 Å². The summed E-state index contributed by atoms with van der Waals surface area (Å²) in [5.41, 5.74) is 0.420. The molecule has 142 valence electrons. The smallest absolute Gasteiger partial charge is 0.409 e. The van der Waals surface area contributed by atoms with Crippen LogP contribution < -0.4 is 4.90 Å². The molecule has 0 aliphatic carbocycles. The fourth-order valence-corrected chi connectivity index (χ4v) is 3.41. The number of nitrogens with zero attached hydrogens (tertiary/aromatic N) is 5. The Kier molecular flexibility index (Phi) is 6.25. The molecule has 0 aromatic carbocycles. The molecule has 2 aliphatic rings. The molecule has 0 radical (unpaired) electrons. The molecule has 0 spiro atoms. The highest BCUT2D eigenvalue weighted by molar-refractivity contribution is 5.93.